The van der Waals surface area contributed by atoms with Crippen LogP contribution in [0.4, 0.5) is 0 Å². The topological polar surface area (TPSA) is 54.8 Å². The molecular formula is C51H34N4O. The fraction of sp³-hybridized carbons (Fsp3) is 0.0196. The highest BCUT2D eigenvalue weighted by atomic mass is 16.3. The molecule has 0 saturated carbocycles. The van der Waals surface area contributed by atoms with E-state index in [2.05, 4.69) is 174 Å². The van der Waals surface area contributed by atoms with Gasteiger partial charge in [-0.2, -0.15) is 0 Å². The van der Waals surface area contributed by atoms with Crippen LogP contribution in [0.15, 0.2) is 209 Å². The van der Waals surface area contributed by atoms with Crippen molar-refractivity contribution < 1.29 is 4.42 Å². The lowest BCUT2D eigenvalue weighted by atomic mass is 9.96. The van der Waals surface area contributed by atoms with E-state index in [1.54, 1.807) is 0 Å². The van der Waals surface area contributed by atoms with Crippen molar-refractivity contribution in [1.82, 2.24) is 9.88 Å². The molecule has 1 aliphatic heterocycles. The van der Waals surface area contributed by atoms with Crippen LogP contribution in [-0.2, 0) is 0 Å². The molecule has 264 valence electrons. The summed E-state index contributed by atoms with van der Waals surface area (Å²) in [5.74, 6) is 1.49. The largest absolute Gasteiger partial charge is 0.456 e. The Bertz CT molecular complexity index is 3100. The zero-order valence-electron chi connectivity index (χ0n) is 30.3. The lowest BCUT2D eigenvalue weighted by Crippen LogP contribution is -2.36. The van der Waals surface area contributed by atoms with Crippen molar-refractivity contribution in [2.24, 2.45) is 9.98 Å². The minimum absolute atomic E-state index is 0.538. The summed E-state index contributed by atoms with van der Waals surface area (Å²) < 4.78 is 8.92. The predicted molar refractivity (Wildman–Crippen MR) is 231 cm³/mol. The third-order valence-electron chi connectivity index (χ3n) is 10.8. The zero-order valence-corrected chi connectivity index (χ0v) is 30.3. The zero-order chi connectivity index (χ0) is 37.0. The first kappa shape index (κ1) is 32.0. The molecule has 8 aromatic carbocycles. The molecule has 5 heteroatoms. The Kier molecular flexibility index (Phi) is 7.49. The van der Waals surface area contributed by atoms with Gasteiger partial charge in [-0.15, -0.1) is 0 Å². The molecule has 2 aromatic heterocycles. The number of aliphatic imine (C=N–C) groups is 2. The molecule has 56 heavy (non-hydrogen) atoms. The van der Waals surface area contributed by atoms with Crippen molar-refractivity contribution in [1.29, 1.82) is 0 Å². The van der Waals surface area contributed by atoms with Crippen molar-refractivity contribution in [3.8, 4) is 27.9 Å². The summed E-state index contributed by atoms with van der Waals surface area (Å²) in [4.78, 5) is 10.8. The minimum atomic E-state index is -0.538. The number of nitrogens with one attached hydrogen (secondary N) is 1. The third kappa shape index (κ3) is 5.40. The number of aromatic nitrogens is 1. The van der Waals surface area contributed by atoms with E-state index in [0.29, 0.717) is 0 Å². The number of furan rings is 1. The van der Waals surface area contributed by atoms with Gasteiger partial charge < -0.3 is 14.3 Å². The molecule has 0 saturated heterocycles. The highest BCUT2D eigenvalue weighted by molar-refractivity contribution is 6.19. The summed E-state index contributed by atoms with van der Waals surface area (Å²) in [5.41, 5.74) is 12.4. The normalized spacial score (nSPS) is 14.2. The lowest BCUT2D eigenvalue weighted by molar-refractivity contribution is 0.669. The minimum Gasteiger partial charge on any atom is -0.456 e. The molecule has 5 nitrogen and oxygen atoms in total. The number of hydrogen-bond acceptors (Lipinski definition) is 4. The monoisotopic (exact) mass is 718 g/mol. The highest BCUT2D eigenvalue weighted by Gasteiger charge is 2.25. The van der Waals surface area contributed by atoms with E-state index in [-0.39, 0.29) is 0 Å². The fourth-order valence-electron chi connectivity index (χ4n) is 8.24. The maximum atomic E-state index is 6.55. The number of rotatable bonds is 6. The fourth-order valence-corrected chi connectivity index (χ4v) is 8.24. The Balaban J connectivity index is 1.15. The molecule has 11 rings (SSSR count). The number of hydrogen-bond donors (Lipinski definition) is 1. The molecule has 1 N–H and O–H groups in total. The van der Waals surface area contributed by atoms with Crippen molar-refractivity contribution in [3.05, 3.63) is 211 Å². The molecule has 1 atom stereocenters. The van der Waals surface area contributed by atoms with Crippen LogP contribution in [0.25, 0.3) is 71.7 Å². The molecule has 3 heterocycles. The van der Waals surface area contributed by atoms with Crippen LogP contribution in [0, 0.1) is 0 Å². The van der Waals surface area contributed by atoms with Gasteiger partial charge in [0.2, 0.25) is 0 Å². The van der Waals surface area contributed by atoms with E-state index in [4.69, 9.17) is 14.4 Å². The summed E-state index contributed by atoms with van der Waals surface area (Å²) in [6.07, 6.45) is -0.538. The summed E-state index contributed by atoms with van der Waals surface area (Å²) in [6.45, 7) is 0. The van der Waals surface area contributed by atoms with Crippen molar-refractivity contribution in [2.45, 2.75) is 6.17 Å². The van der Waals surface area contributed by atoms with Gasteiger partial charge in [0.05, 0.1) is 11.0 Å². The predicted octanol–water partition coefficient (Wildman–Crippen LogP) is 12.5. The maximum Gasteiger partial charge on any atom is 0.169 e. The van der Waals surface area contributed by atoms with Crippen molar-refractivity contribution >= 4 is 55.4 Å². The second kappa shape index (κ2) is 13.1. The van der Waals surface area contributed by atoms with Crippen LogP contribution in [0.1, 0.15) is 22.9 Å². The summed E-state index contributed by atoms with van der Waals surface area (Å²) in [6, 6.07) is 68.1. The van der Waals surface area contributed by atoms with E-state index in [0.717, 1.165) is 89.3 Å². The Hall–Kier alpha value is -7.50. The molecular weight excluding hydrogens is 685 g/mol. The van der Waals surface area contributed by atoms with Gasteiger partial charge in [0.1, 0.15) is 22.8 Å². The first-order valence-corrected chi connectivity index (χ1v) is 18.9. The van der Waals surface area contributed by atoms with E-state index in [1.165, 1.54) is 10.8 Å². The van der Waals surface area contributed by atoms with Crippen LogP contribution in [0.5, 0.6) is 0 Å². The molecule has 0 amide bonds. The quantitative estimate of drug-likeness (QED) is 0.186. The number of amidine groups is 2. The van der Waals surface area contributed by atoms with Crippen LogP contribution in [0.2, 0.25) is 0 Å². The Morgan fingerprint density at radius 1 is 0.429 bits per heavy atom. The van der Waals surface area contributed by atoms with Crippen molar-refractivity contribution in [3.63, 3.8) is 0 Å². The average molecular weight is 719 g/mol. The van der Waals surface area contributed by atoms with Gasteiger partial charge in [-0.3, -0.25) is 0 Å². The standard InChI is InChI=1S/C51H34N4O/c1-4-16-33(17-5-1)36-28-37(30-39(29-36)55-44-25-13-10-22-40(44)41-23-11-14-26-45(41)55)50-52-49(35-20-8-3-9-21-35)53-51(54-50)38-31-43(34-18-6-2-7-19-34)48-42-24-12-15-27-46(42)56-47(48)32-38/h1-32,50H,(H,52,53,54). The number of benzene rings is 8. The van der Waals surface area contributed by atoms with Crippen LogP contribution in [0.3, 0.4) is 0 Å². The van der Waals surface area contributed by atoms with Crippen LogP contribution in [-0.4, -0.2) is 16.2 Å². The lowest BCUT2D eigenvalue weighted by Gasteiger charge is -2.24. The molecule has 1 aliphatic rings. The molecule has 10 aromatic rings. The first-order valence-electron chi connectivity index (χ1n) is 18.9. The average Bonchev–Trinajstić information content (AvgIpc) is 3.83. The van der Waals surface area contributed by atoms with E-state index >= 15 is 0 Å². The van der Waals surface area contributed by atoms with Crippen LogP contribution >= 0.6 is 0 Å². The molecule has 0 spiro atoms. The van der Waals surface area contributed by atoms with E-state index < -0.39 is 6.17 Å². The summed E-state index contributed by atoms with van der Waals surface area (Å²) in [5, 5.41) is 8.27. The maximum absolute atomic E-state index is 6.55. The summed E-state index contributed by atoms with van der Waals surface area (Å²) in [7, 11) is 0. The van der Waals surface area contributed by atoms with Crippen molar-refractivity contribution in [2.75, 3.05) is 0 Å². The van der Waals surface area contributed by atoms with Gasteiger partial charge in [-0.25, -0.2) is 9.98 Å². The molecule has 0 bridgehead atoms. The number of nitrogens with zero attached hydrogens (tertiary/aromatic N) is 3. The van der Waals surface area contributed by atoms with E-state index in [9.17, 15) is 0 Å². The first-order chi connectivity index (χ1) is 27.7. The molecule has 0 aliphatic carbocycles. The van der Waals surface area contributed by atoms with E-state index in [1.807, 2.05) is 30.3 Å². The highest BCUT2D eigenvalue weighted by Crippen LogP contribution is 2.40. The Labute approximate surface area is 323 Å². The van der Waals surface area contributed by atoms with Gasteiger partial charge in [0, 0.05) is 43.9 Å². The second-order valence-corrected chi connectivity index (χ2v) is 14.2. The molecule has 1 unspecified atom stereocenters. The molecule has 0 radical (unpaired) electrons. The smallest absolute Gasteiger partial charge is 0.169 e. The second-order valence-electron chi connectivity index (χ2n) is 14.2. The SMILES string of the molecule is c1ccc(C2=NC(c3cc(-c4ccccc4)cc(-n4c5ccccc5c5ccccc54)c3)N=C(c3cc(-c4ccccc4)c4c(c3)oc3ccccc34)N2)cc1. The van der Waals surface area contributed by atoms with Gasteiger partial charge in [-0.1, -0.05) is 146 Å². The summed E-state index contributed by atoms with van der Waals surface area (Å²) >= 11 is 0. The van der Waals surface area contributed by atoms with Gasteiger partial charge >= 0.3 is 0 Å². The number of para-hydroxylation sites is 3. The molecule has 0 fully saturated rings. The third-order valence-corrected chi connectivity index (χ3v) is 10.8. The Morgan fingerprint density at radius 2 is 0.982 bits per heavy atom. The van der Waals surface area contributed by atoms with Gasteiger partial charge in [0.15, 0.2) is 6.17 Å². The number of fused-ring (bicyclic) bond motifs is 6. The van der Waals surface area contributed by atoms with Crippen LogP contribution < -0.4 is 5.32 Å². The Morgan fingerprint density at radius 3 is 1.66 bits per heavy atom. The van der Waals surface area contributed by atoms with Gasteiger partial charge in [0.25, 0.3) is 0 Å². The van der Waals surface area contributed by atoms with Gasteiger partial charge in [-0.05, 0) is 70.8 Å².